The van der Waals surface area contributed by atoms with Crippen LogP contribution in [0.3, 0.4) is 0 Å². The maximum absolute atomic E-state index is 12.4. The molecule has 0 aliphatic rings. The van der Waals surface area contributed by atoms with E-state index < -0.39 is 0 Å². The summed E-state index contributed by atoms with van der Waals surface area (Å²) in [5.74, 6) is -0.237. The number of para-hydroxylation sites is 2. The van der Waals surface area contributed by atoms with Gasteiger partial charge in [0.05, 0.1) is 6.54 Å². The highest BCUT2D eigenvalue weighted by Gasteiger charge is 2.14. The first kappa shape index (κ1) is 18.7. The number of nitrogens with one attached hydrogen (secondary N) is 1. The van der Waals surface area contributed by atoms with Gasteiger partial charge >= 0.3 is 0 Å². The van der Waals surface area contributed by atoms with E-state index in [0.717, 1.165) is 27.7 Å². The Morgan fingerprint density at radius 1 is 1.00 bits per heavy atom. The molecular formula is C22H25N3O2. The van der Waals surface area contributed by atoms with Crippen molar-refractivity contribution in [1.82, 2.24) is 9.47 Å². The summed E-state index contributed by atoms with van der Waals surface area (Å²) in [6, 6.07) is 16.0. The van der Waals surface area contributed by atoms with Crippen molar-refractivity contribution in [3.8, 4) is 0 Å². The quantitative estimate of drug-likeness (QED) is 0.725. The summed E-state index contributed by atoms with van der Waals surface area (Å²) < 4.78 is 2.07. The number of likely N-dealkylation sites (N-methyl/N-ethyl adjacent to an activating group) is 1. The monoisotopic (exact) mass is 363 g/mol. The number of anilines is 1. The minimum absolute atomic E-state index is 0.0407. The molecule has 5 nitrogen and oxygen atoms in total. The second kappa shape index (κ2) is 8.08. The molecule has 1 heterocycles. The molecular weight excluding hydrogens is 338 g/mol. The Morgan fingerprint density at radius 2 is 1.70 bits per heavy atom. The first-order valence-corrected chi connectivity index (χ1v) is 9.09. The van der Waals surface area contributed by atoms with Gasteiger partial charge in [-0.25, -0.2) is 0 Å². The minimum atomic E-state index is -0.185. The summed E-state index contributed by atoms with van der Waals surface area (Å²) >= 11 is 0. The average molecular weight is 363 g/mol. The topological polar surface area (TPSA) is 54.3 Å². The molecule has 0 atom stereocenters. The third kappa shape index (κ3) is 4.37. The van der Waals surface area contributed by atoms with Gasteiger partial charge in [0, 0.05) is 37.4 Å². The zero-order chi connectivity index (χ0) is 19.4. The normalized spacial score (nSPS) is 10.8. The largest absolute Gasteiger partial charge is 0.347 e. The summed E-state index contributed by atoms with van der Waals surface area (Å²) in [5.41, 5.74) is 3.96. The van der Waals surface area contributed by atoms with Gasteiger partial charge in [-0.2, -0.15) is 0 Å². The number of aryl methyl sites for hydroxylation is 3. The van der Waals surface area contributed by atoms with E-state index in [0.29, 0.717) is 13.0 Å². The molecule has 0 saturated heterocycles. The lowest BCUT2D eigenvalue weighted by atomic mass is 10.1. The molecule has 2 aromatic carbocycles. The maximum atomic E-state index is 12.4. The Balaban J connectivity index is 1.55. The van der Waals surface area contributed by atoms with Crippen molar-refractivity contribution in [2.24, 2.45) is 0 Å². The molecule has 3 rings (SSSR count). The predicted molar refractivity (Wildman–Crippen MR) is 109 cm³/mol. The second-order valence-corrected chi connectivity index (χ2v) is 6.88. The number of carbonyl (C=O) groups excluding carboxylic acids is 2. The lowest BCUT2D eigenvalue weighted by Crippen LogP contribution is -2.35. The third-order valence-corrected chi connectivity index (χ3v) is 4.80. The van der Waals surface area contributed by atoms with Crippen molar-refractivity contribution < 1.29 is 9.59 Å². The molecule has 0 saturated carbocycles. The lowest BCUT2D eigenvalue weighted by molar-refractivity contribution is -0.133. The van der Waals surface area contributed by atoms with Gasteiger partial charge < -0.3 is 14.8 Å². The Hall–Kier alpha value is -3.08. The van der Waals surface area contributed by atoms with Gasteiger partial charge in [-0.05, 0) is 42.5 Å². The fraction of sp³-hybridized carbons (Fsp3) is 0.273. The first-order chi connectivity index (χ1) is 13.0. The van der Waals surface area contributed by atoms with Gasteiger partial charge in [0.2, 0.25) is 11.8 Å². The first-order valence-electron chi connectivity index (χ1n) is 9.09. The number of fused-ring (bicyclic) bond motifs is 1. The zero-order valence-electron chi connectivity index (χ0n) is 16.0. The highest BCUT2D eigenvalue weighted by atomic mass is 16.2. The number of aromatic nitrogens is 1. The Labute approximate surface area is 159 Å². The van der Waals surface area contributed by atoms with Crippen LogP contribution in [0.1, 0.15) is 17.5 Å². The van der Waals surface area contributed by atoms with Gasteiger partial charge in [-0.3, -0.25) is 9.59 Å². The van der Waals surface area contributed by atoms with Crippen molar-refractivity contribution in [2.45, 2.75) is 26.8 Å². The molecule has 1 aromatic heterocycles. The van der Waals surface area contributed by atoms with Crippen molar-refractivity contribution >= 4 is 28.4 Å². The Bertz CT molecular complexity index is 954. The summed E-state index contributed by atoms with van der Waals surface area (Å²) in [6.45, 7) is 4.55. The zero-order valence-corrected chi connectivity index (χ0v) is 16.0. The predicted octanol–water partition coefficient (Wildman–Crippen LogP) is 3.75. The van der Waals surface area contributed by atoms with Crippen LogP contribution in [-0.4, -0.2) is 34.9 Å². The van der Waals surface area contributed by atoms with E-state index in [1.165, 1.54) is 4.90 Å². The molecule has 140 valence electrons. The number of nitrogens with zero attached hydrogens (tertiary/aromatic N) is 2. The highest BCUT2D eigenvalue weighted by Crippen LogP contribution is 2.19. The van der Waals surface area contributed by atoms with Crippen LogP contribution in [0.2, 0.25) is 0 Å². The van der Waals surface area contributed by atoms with Crippen molar-refractivity contribution in [3.63, 3.8) is 0 Å². The van der Waals surface area contributed by atoms with Gasteiger partial charge in [0.1, 0.15) is 0 Å². The molecule has 0 aliphatic carbocycles. The lowest BCUT2D eigenvalue weighted by Gasteiger charge is -2.18. The van der Waals surface area contributed by atoms with Crippen molar-refractivity contribution in [1.29, 1.82) is 0 Å². The number of benzene rings is 2. The fourth-order valence-electron chi connectivity index (χ4n) is 3.24. The van der Waals surface area contributed by atoms with E-state index in [1.807, 2.05) is 62.5 Å². The number of hydrogen-bond acceptors (Lipinski definition) is 2. The number of carbonyl (C=O) groups is 2. The van der Waals surface area contributed by atoms with E-state index in [4.69, 9.17) is 0 Å². The van der Waals surface area contributed by atoms with Crippen LogP contribution in [0.4, 0.5) is 5.69 Å². The molecule has 3 aromatic rings. The van der Waals surface area contributed by atoms with E-state index in [9.17, 15) is 9.59 Å². The average Bonchev–Trinajstić information content (AvgIpc) is 3.06. The molecule has 0 bridgehead atoms. The standard InChI is InChI=1S/C22H25N3O2/c1-16-7-6-8-17(2)22(16)23-20(26)15-24(3)21(27)12-14-25-13-11-18-9-4-5-10-19(18)25/h4-11,13H,12,14-15H2,1-3H3,(H,23,26). The molecule has 0 radical (unpaired) electrons. The van der Waals surface area contributed by atoms with Crippen molar-refractivity contribution in [2.75, 3.05) is 18.9 Å². The molecule has 2 amide bonds. The molecule has 27 heavy (non-hydrogen) atoms. The van der Waals surface area contributed by atoms with E-state index in [-0.39, 0.29) is 18.4 Å². The SMILES string of the molecule is Cc1cccc(C)c1NC(=O)CN(C)C(=O)CCn1ccc2ccccc21. The molecule has 1 N–H and O–H groups in total. The van der Waals surface area contributed by atoms with E-state index in [1.54, 1.807) is 7.05 Å². The maximum Gasteiger partial charge on any atom is 0.243 e. The fourth-order valence-corrected chi connectivity index (χ4v) is 3.24. The van der Waals surface area contributed by atoms with Crippen LogP contribution in [0, 0.1) is 13.8 Å². The van der Waals surface area contributed by atoms with Crippen LogP contribution in [0.25, 0.3) is 10.9 Å². The molecule has 0 spiro atoms. The van der Waals surface area contributed by atoms with Gasteiger partial charge in [-0.1, -0.05) is 36.4 Å². The van der Waals surface area contributed by atoms with Crippen LogP contribution >= 0.6 is 0 Å². The highest BCUT2D eigenvalue weighted by molar-refractivity contribution is 5.95. The van der Waals surface area contributed by atoms with E-state index in [2.05, 4.69) is 16.0 Å². The summed E-state index contributed by atoms with van der Waals surface area (Å²) in [6.07, 6.45) is 2.34. The minimum Gasteiger partial charge on any atom is -0.347 e. The number of rotatable bonds is 6. The van der Waals surface area contributed by atoms with Crippen LogP contribution in [-0.2, 0) is 16.1 Å². The van der Waals surface area contributed by atoms with Gasteiger partial charge in [0.15, 0.2) is 0 Å². The third-order valence-electron chi connectivity index (χ3n) is 4.80. The summed E-state index contributed by atoms with van der Waals surface area (Å²) in [7, 11) is 1.67. The van der Waals surface area contributed by atoms with Crippen LogP contribution in [0.15, 0.2) is 54.7 Å². The molecule has 5 heteroatoms. The van der Waals surface area contributed by atoms with Gasteiger partial charge in [-0.15, -0.1) is 0 Å². The Morgan fingerprint density at radius 3 is 2.44 bits per heavy atom. The Kier molecular flexibility index (Phi) is 5.60. The van der Waals surface area contributed by atoms with Gasteiger partial charge in [0.25, 0.3) is 0 Å². The van der Waals surface area contributed by atoms with Crippen LogP contribution in [0.5, 0.6) is 0 Å². The van der Waals surface area contributed by atoms with Crippen LogP contribution < -0.4 is 5.32 Å². The molecule has 0 unspecified atom stereocenters. The number of hydrogen-bond donors (Lipinski definition) is 1. The van der Waals surface area contributed by atoms with Crippen molar-refractivity contribution in [3.05, 3.63) is 65.9 Å². The second-order valence-electron chi connectivity index (χ2n) is 6.88. The molecule has 0 aliphatic heterocycles. The summed E-state index contributed by atoms with van der Waals surface area (Å²) in [4.78, 5) is 26.2. The molecule has 0 fully saturated rings. The van der Waals surface area contributed by atoms with E-state index >= 15 is 0 Å². The smallest absolute Gasteiger partial charge is 0.243 e. The summed E-state index contributed by atoms with van der Waals surface area (Å²) in [5, 5.41) is 4.08. The number of amides is 2.